The first-order valence-electron chi connectivity index (χ1n) is 8.27. The summed E-state index contributed by atoms with van der Waals surface area (Å²) in [5.41, 5.74) is 1.85. The zero-order valence-corrected chi connectivity index (χ0v) is 13.2. The van der Waals surface area contributed by atoms with Crippen molar-refractivity contribution >= 4 is 11.7 Å². The van der Waals surface area contributed by atoms with Gasteiger partial charge in [-0.1, -0.05) is 29.8 Å². The van der Waals surface area contributed by atoms with Crippen LogP contribution < -0.4 is 5.32 Å². The lowest BCUT2D eigenvalue weighted by Crippen LogP contribution is -2.42. The molecule has 1 N–H and O–H groups in total. The van der Waals surface area contributed by atoms with Gasteiger partial charge in [0.2, 0.25) is 5.91 Å². The molecule has 2 atom stereocenters. The van der Waals surface area contributed by atoms with Crippen LogP contribution in [0.25, 0.3) is 0 Å². The highest BCUT2D eigenvalue weighted by Crippen LogP contribution is 2.28. The summed E-state index contributed by atoms with van der Waals surface area (Å²) in [6.07, 6.45) is 3.89. The van der Waals surface area contributed by atoms with Gasteiger partial charge in [-0.05, 0) is 32.7 Å². The number of rotatable bonds is 4. The number of nitrogens with one attached hydrogen (secondary N) is 1. The molecule has 3 rings (SSSR count). The van der Waals surface area contributed by atoms with Gasteiger partial charge < -0.3 is 10.2 Å². The second kappa shape index (κ2) is 6.61. The Kier molecular flexibility index (Phi) is 4.57. The van der Waals surface area contributed by atoms with Crippen molar-refractivity contribution in [1.82, 2.24) is 10.2 Å². The molecule has 2 unspecified atom stereocenters. The van der Waals surface area contributed by atoms with Crippen molar-refractivity contribution in [2.45, 2.75) is 51.1 Å². The third kappa shape index (κ3) is 3.22. The van der Waals surface area contributed by atoms with E-state index in [9.17, 15) is 9.59 Å². The van der Waals surface area contributed by atoms with Gasteiger partial charge in [-0.25, -0.2) is 0 Å². The minimum absolute atomic E-state index is 0.0636. The standard InChI is InChI=1S/C18H24N2O2/c1-13-2-4-14(5-3-13)17(21)8-9-18(22)20-15-6-7-16(20)12-19-11-10-15/h2-5,15-16,19H,6-12H2,1H3. The van der Waals surface area contributed by atoms with Gasteiger partial charge in [0.1, 0.15) is 0 Å². The molecular formula is C18H24N2O2. The molecule has 2 saturated heterocycles. The molecule has 0 saturated carbocycles. The molecule has 118 valence electrons. The van der Waals surface area contributed by atoms with Crippen molar-refractivity contribution in [3.63, 3.8) is 0 Å². The molecule has 2 fully saturated rings. The Morgan fingerprint density at radius 3 is 2.59 bits per heavy atom. The lowest BCUT2D eigenvalue weighted by molar-refractivity contribution is -0.133. The van der Waals surface area contributed by atoms with Crippen molar-refractivity contribution < 1.29 is 9.59 Å². The quantitative estimate of drug-likeness (QED) is 0.868. The second-order valence-corrected chi connectivity index (χ2v) is 6.47. The predicted octanol–water partition coefficient (Wildman–Crippen LogP) is 2.31. The number of nitrogens with zero attached hydrogens (tertiary/aromatic N) is 1. The smallest absolute Gasteiger partial charge is 0.223 e. The number of carbonyl (C=O) groups is 2. The molecule has 0 aromatic heterocycles. The van der Waals surface area contributed by atoms with E-state index in [2.05, 4.69) is 10.2 Å². The molecule has 4 nitrogen and oxygen atoms in total. The van der Waals surface area contributed by atoms with Crippen LogP contribution in [0, 0.1) is 6.92 Å². The first kappa shape index (κ1) is 15.2. The number of hydrogen-bond acceptors (Lipinski definition) is 3. The molecule has 1 aromatic carbocycles. The van der Waals surface area contributed by atoms with E-state index in [0.29, 0.717) is 30.5 Å². The lowest BCUT2D eigenvalue weighted by Gasteiger charge is -2.27. The van der Waals surface area contributed by atoms with Crippen molar-refractivity contribution in [3.8, 4) is 0 Å². The van der Waals surface area contributed by atoms with Crippen LogP contribution in [0.3, 0.4) is 0 Å². The highest BCUT2D eigenvalue weighted by Gasteiger charge is 2.37. The number of aryl methyl sites for hydroxylation is 1. The largest absolute Gasteiger partial charge is 0.335 e. The number of fused-ring (bicyclic) bond motifs is 2. The molecular weight excluding hydrogens is 276 g/mol. The number of amides is 1. The molecule has 0 radical (unpaired) electrons. The van der Waals surface area contributed by atoms with Crippen LogP contribution in [0.2, 0.25) is 0 Å². The second-order valence-electron chi connectivity index (χ2n) is 6.47. The van der Waals surface area contributed by atoms with Gasteiger partial charge in [0.25, 0.3) is 0 Å². The monoisotopic (exact) mass is 300 g/mol. The number of carbonyl (C=O) groups excluding carboxylic acids is 2. The van der Waals surface area contributed by atoms with Gasteiger partial charge in [0, 0.05) is 37.0 Å². The fourth-order valence-electron chi connectivity index (χ4n) is 3.62. The van der Waals surface area contributed by atoms with Gasteiger partial charge in [-0.2, -0.15) is 0 Å². The van der Waals surface area contributed by atoms with Gasteiger partial charge in [-0.15, -0.1) is 0 Å². The average Bonchev–Trinajstić information content (AvgIpc) is 2.78. The summed E-state index contributed by atoms with van der Waals surface area (Å²) in [5, 5.41) is 3.40. The maximum absolute atomic E-state index is 12.5. The third-order valence-corrected chi connectivity index (χ3v) is 4.88. The minimum atomic E-state index is 0.0636. The van der Waals surface area contributed by atoms with Gasteiger partial charge >= 0.3 is 0 Å². The van der Waals surface area contributed by atoms with Crippen molar-refractivity contribution in [2.24, 2.45) is 0 Å². The van der Waals surface area contributed by atoms with Gasteiger partial charge in [0.15, 0.2) is 5.78 Å². The van der Waals surface area contributed by atoms with E-state index in [1.807, 2.05) is 31.2 Å². The van der Waals surface area contributed by atoms with Gasteiger partial charge in [0.05, 0.1) is 0 Å². The molecule has 0 aliphatic carbocycles. The normalized spacial score (nSPS) is 24.1. The maximum Gasteiger partial charge on any atom is 0.223 e. The Bertz CT molecular complexity index is 539. The molecule has 4 heteroatoms. The van der Waals surface area contributed by atoms with Crippen LogP contribution in [0.5, 0.6) is 0 Å². The molecule has 0 spiro atoms. The van der Waals surface area contributed by atoms with Crippen LogP contribution in [-0.2, 0) is 4.79 Å². The Balaban J connectivity index is 1.58. The lowest BCUT2D eigenvalue weighted by atomic mass is 10.0. The zero-order valence-electron chi connectivity index (χ0n) is 13.2. The fourth-order valence-corrected chi connectivity index (χ4v) is 3.62. The molecule has 1 amide bonds. The predicted molar refractivity (Wildman–Crippen MR) is 85.9 cm³/mol. The fraction of sp³-hybridized carbons (Fsp3) is 0.556. The van der Waals surface area contributed by atoms with E-state index < -0.39 is 0 Å². The van der Waals surface area contributed by atoms with Crippen molar-refractivity contribution in [1.29, 1.82) is 0 Å². The van der Waals surface area contributed by atoms with Crippen LogP contribution in [0.1, 0.15) is 48.0 Å². The number of benzene rings is 1. The summed E-state index contributed by atoms with van der Waals surface area (Å²) in [6, 6.07) is 8.28. The minimum Gasteiger partial charge on any atom is -0.335 e. The van der Waals surface area contributed by atoms with E-state index in [1.54, 1.807) is 0 Å². The Morgan fingerprint density at radius 1 is 1.09 bits per heavy atom. The topological polar surface area (TPSA) is 49.4 Å². The number of ketones is 1. The van der Waals surface area contributed by atoms with Crippen LogP contribution >= 0.6 is 0 Å². The highest BCUT2D eigenvalue weighted by molar-refractivity contribution is 5.98. The van der Waals surface area contributed by atoms with Crippen molar-refractivity contribution in [3.05, 3.63) is 35.4 Å². The number of hydrogen-bond donors (Lipinski definition) is 1. The van der Waals surface area contributed by atoms with Crippen molar-refractivity contribution in [2.75, 3.05) is 13.1 Å². The Morgan fingerprint density at radius 2 is 1.82 bits per heavy atom. The molecule has 1 aromatic rings. The molecule has 2 bridgehead atoms. The Hall–Kier alpha value is -1.68. The average molecular weight is 300 g/mol. The van der Waals surface area contributed by atoms with Crippen LogP contribution in [-0.4, -0.2) is 41.8 Å². The molecule has 22 heavy (non-hydrogen) atoms. The molecule has 2 aliphatic heterocycles. The van der Waals surface area contributed by atoms with E-state index in [-0.39, 0.29) is 11.7 Å². The summed E-state index contributed by atoms with van der Waals surface area (Å²) in [5.74, 6) is 0.213. The van der Waals surface area contributed by atoms with E-state index in [0.717, 1.165) is 37.9 Å². The van der Waals surface area contributed by atoms with Crippen LogP contribution in [0.4, 0.5) is 0 Å². The third-order valence-electron chi connectivity index (χ3n) is 4.88. The summed E-state index contributed by atoms with van der Waals surface area (Å²) in [4.78, 5) is 26.8. The summed E-state index contributed by atoms with van der Waals surface area (Å²) in [6.45, 7) is 3.89. The highest BCUT2D eigenvalue weighted by atomic mass is 16.2. The first-order chi connectivity index (χ1) is 10.6. The molecule has 2 heterocycles. The zero-order chi connectivity index (χ0) is 15.5. The number of Topliss-reactive ketones (excluding diaryl/α,β-unsaturated/α-hetero) is 1. The van der Waals surface area contributed by atoms with E-state index >= 15 is 0 Å². The molecule has 2 aliphatic rings. The summed E-state index contributed by atoms with van der Waals surface area (Å²) < 4.78 is 0. The maximum atomic E-state index is 12.5. The van der Waals surface area contributed by atoms with Crippen LogP contribution in [0.15, 0.2) is 24.3 Å². The van der Waals surface area contributed by atoms with E-state index in [1.165, 1.54) is 0 Å². The summed E-state index contributed by atoms with van der Waals surface area (Å²) >= 11 is 0. The van der Waals surface area contributed by atoms with Gasteiger partial charge in [-0.3, -0.25) is 9.59 Å². The van der Waals surface area contributed by atoms with E-state index in [4.69, 9.17) is 0 Å². The summed E-state index contributed by atoms with van der Waals surface area (Å²) in [7, 11) is 0. The Labute approximate surface area is 131 Å². The first-order valence-corrected chi connectivity index (χ1v) is 8.27. The SMILES string of the molecule is Cc1ccc(C(=O)CCC(=O)N2C3CCNCC2CC3)cc1.